The van der Waals surface area contributed by atoms with Gasteiger partial charge < -0.3 is 16.0 Å². The highest BCUT2D eigenvalue weighted by Crippen LogP contribution is 2.14. The molecule has 2 amide bonds. The van der Waals surface area contributed by atoms with Crippen LogP contribution in [0.3, 0.4) is 0 Å². The molecular weight excluding hydrogens is 392 g/mol. The lowest BCUT2D eigenvalue weighted by Gasteiger charge is -2.12. The van der Waals surface area contributed by atoms with Gasteiger partial charge in [-0.2, -0.15) is 0 Å². The minimum absolute atomic E-state index is 0.0190. The molecule has 2 aromatic carbocycles. The fourth-order valence-corrected chi connectivity index (χ4v) is 3.39. The molecule has 2 aromatic rings. The normalized spacial score (nSPS) is 11.1. The van der Waals surface area contributed by atoms with E-state index < -0.39 is 15.9 Å². The Morgan fingerprint density at radius 2 is 1.66 bits per heavy atom. The van der Waals surface area contributed by atoms with Gasteiger partial charge in [-0.25, -0.2) is 12.7 Å². The van der Waals surface area contributed by atoms with Gasteiger partial charge in [0, 0.05) is 38.4 Å². The first kappa shape index (κ1) is 22.4. The highest BCUT2D eigenvalue weighted by Gasteiger charge is 2.18. The van der Waals surface area contributed by atoms with Crippen molar-refractivity contribution in [3.05, 3.63) is 60.2 Å². The number of rotatable bonds is 10. The zero-order valence-electron chi connectivity index (χ0n) is 16.5. The standard InChI is InChI=1S/C20H26N4O4S/c1-24(2)29(27,28)18-11-6-8-16(14-18)20(26)23-15-19(25)22-13-7-12-21-17-9-4-3-5-10-17/h3-6,8-11,14,21H,7,12-13,15H2,1-2H3,(H,22,25)(H,23,26). The molecule has 0 saturated heterocycles. The van der Waals surface area contributed by atoms with E-state index in [-0.39, 0.29) is 22.9 Å². The summed E-state index contributed by atoms with van der Waals surface area (Å²) in [5.74, 6) is -0.822. The average molecular weight is 419 g/mol. The first-order valence-corrected chi connectivity index (χ1v) is 10.6. The summed E-state index contributed by atoms with van der Waals surface area (Å²) in [6.45, 7) is 1.00. The van der Waals surface area contributed by atoms with Gasteiger partial charge in [0.25, 0.3) is 5.91 Å². The second-order valence-corrected chi connectivity index (χ2v) is 8.65. The van der Waals surface area contributed by atoms with Gasteiger partial charge >= 0.3 is 0 Å². The smallest absolute Gasteiger partial charge is 0.251 e. The second kappa shape index (κ2) is 10.6. The minimum Gasteiger partial charge on any atom is -0.385 e. The van der Waals surface area contributed by atoms with E-state index in [9.17, 15) is 18.0 Å². The summed E-state index contributed by atoms with van der Waals surface area (Å²) in [7, 11) is -0.797. The summed E-state index contributed by atoms with van der Waals surface area (Å²) in [5, 5.41) is 8.47. The van der Waals surface area contributed by atoms with Crippen LogP contribution in [0.4, 0.5) is 5.69 Å². The number of benzene rings is 2. The van der Waals surface area contributed by atoms with Crippen molar-refractivity contribution in [3.8, 4) is 0 Å². The van der Waals surface area contributed by atoms with Crippen LogP contribution in [0.1, 0.15) is 16.8 Å². The highest BCUT2D eigenvalue weighted by atomic mass is 32.2. The monoisotopic (exact) mass is 418 g/mol. The van der Waals surface area contributed by atoms with E-state index in [0.29, 0.717) is 13.1 Å². The maximum absolute atomic E-state index is 12.2. The van der Waals surface area contributed by atoms with Crippen LogP contribution >= 0.6 is 0 Å². The number of amides is 2. The van der Waals surface area contributed by atoms with Crippen LogP contribution in [0.25, 0.3) is 0 Å². The molecule has 0 radical (unpaired) electrons. The number of nitrogens with one attached hydrogen (secondary N) is 3. The number of nitrogens with zero attached hydrogens (tertiary/aromatic N) is 1. The van der Waals surface area contributed by atoms with E-state index >= 15 is 0 Å². The molecule has 156 valence electrons. The lowest BCUT2D eigenvalue weighted by Crippen LogP contribution is -2.37. The number of para-hydroxylation sites is 1. The van der Waals surface area contributed by atoms with Gasteiger partial charge in [-0.1, -0.05) is 24.3 Å². The van der Waals surface area contributed by atoms with Crippen LogP contribution in [0.2, 0.25) is 0 Å². The molecule has 0 saturated carbocycles. The second-order valence-electron chi connectivity index (χ2n) is 6.49. The van der Waals surface area contributed by atoms with Gasteiger partial charge in [0.1, 0.15) is 0 Å². The third-order valence-corrected chi connectivity index (χ3v) is 5.87. The van der Waals surface area contributed by atoms with Gasteiger partial charge in [0.05, 0.1) is 11.4 Å². The zero-order valence-corrected chi connectivity index (χ0v) is 17.3. The van der Waals surface area contributed by atoms with Crippen molar-refractivity contribution in [3.63, 3.8) is 0 Å². The number of carbonyl (C=O) groups is 2. The van der Waals surface area contributed by atoms with Crippen LogP contribution in [0.5, 0.6) is 0 Å². The third-order valence-electron chi connectivity index (χ3n) is 4.06. The largest absolute Gasteiger partial charge is 0.385 e. The van der Waals surface area contributed by atoms with Crippen LogP contribution in [-0.2, 0) is 14.8 Å². The summed E-state index contributed by atoms with van der Waals surface area (Å²) >= 11 is 0. The SMILES string of the molecule is CN(C)S(=O)(=O)c1cccc(C(=O)NCC(=O)NCCCNc2ccccc2)c1. The fraction of sp³-hybridized carbons (Fsp3) is 0.300. The molecule has 0 aliphatic heterocycles. The van der Waals surface area contributed by atoms with E-state index in [4.69, 9.17) is 0 Å². The molecule has 8 nitrogen and oxygen atoms in total. The minimum atomic E-state index is -3.63. The van der Waals surface area contributed by atoms with Crippen molar-refractivity contribution in [2.24, 2.45) is 0 Å². The van der Waals surface area contributed by atoms with E-state index in [1.54, 1.807) is 0 Å². The lowest BCUT2D eigenvalue weighted by molar-refractivity contribution is -0.120. The van der Waals surface area contributed by atoms with Crippen LogP contribution in [-0.4, -0.2) is 58.3 Å². The third kappa shape index (κ3) is 6.88. The van der Waals surface area contributed by atoms with Crippen molar-refractivity contribution in [2.75, 3.05) is 39.0 Å². The van der Waals surface area contributed by atoms with E-state index in [0.717, 1.165) is 16.4 Å². The molecule has 0 heterocycles. The van der Waals surface area contributed by atoms with Crippen LogP contribution < -0.4 is 16.0 Å². The highest BCUT2D eigenvalue weighted by molar-refractivity contribution is 7.89. The number of hydrogen-bond acceptors (Lipinski definition) is 5. The number of anilines is 1. The van der Waals surface area contributed by atoms with E-state index in [1.807, 2.05) is 30.3 Å². The Labute approximate surface area is 171 Å². The molecule has 0 fully saturated rings. The van der Waals surface area contributed by atoms with Crippen molar-refractivity contribution in [2.45, 2.75) is 11.3 Å². The summed E-state index contributed by atoms with van der Waals surface area (Å²) in [6.07, 6.45) is 0.735. The molecule has 29 heavy (non-hydrogen) atoms. The summed E-state index contributed by atoms with van der Waals surface area (Å²) in [6, 6.07) is 15.5. The molecule has 0 aliphatic rings. The average Bonchev–Trinajstić information content (AvgIpc) is 2.72. The number of hydrogen-bond donors (Lipinski definition) is 3. The van der Waals surface area contributed by atoms with Crippen molar-refractivity contribution < 1.29 is 18.0 Å². The fourth-order valence-electron chi connectivity index (χ4n) is 2.44. The molecule has 9 heteroatoms. The quantitative estimate of drug-likeness (QED) is 0.504. The zero-order chi connectivity index (χ0) is 21.3. The molecule has 0 atom stereocenters. The topological polar surface area (TPSA) is 108 Å². The lowest BCUT2D eigenvalue weighted by atomic mass is 10.2. The van der Waals surface area contributed by atoms with Crippen molar-refractivity contribution >= 4 is 27.5 Å². The van der Waals surface area contributed by atoms with E-state index in [2.05, 4.69) is 16.0 Å². The molecule has 2 rings (SSSR count). The Balaban J connectivity index is 1.74. The molecule has 0 unspecified atom stereocenters. The molecule has 0 spiro atoms. The Morgan fingerprint density at radius 3 is 2.34 bits per heavy atom. The van der Waals surface area contributed by atoms with Crippen LogP contribution in [0, 0.1) is 0 Å². The molecule has 0 bridgehead atoms. The Hall–Kier alpha value is -2.91. The Bertz CT molecular complexity index is 931. The molecule has 0 aliphatic carbocycles. The van der Waals surface area contributed by atoms with Gasteiger partial charge in [-0.3, -0.25) is 9.59 Å². The van der Waals surface area contributed by atoms with E-state index in [1.165, 1.54) is 38.4 Å². The number of sulfonamides is 1. The first-order chi connectivity index (χ1) is 13.8. The van der Waals surface area contributed by atoms with Gasteiger partial charge in [-0.15, -0.1) is 0 Å². The van der Waals surface area contributed by atoms with Gasteiger partial charge in [0.2, 0.25) is 15.9 Å². The predicted molar refractivity (Wildman–Crippen MR) is 112 cm³/mol. The van der Waals surface area contributed by atoms with Gasteiger partial charge in [0.15, 0.2) is 0 Å². The number of carbonyl (C=O) groups excluding carboxylic acids is 2. The van der Waals surface area contributed by atoms with Crippen molar-refractivity contribution in [1.29, 1.82) is 0 Å². The van der Waals surface area contributed by atoms with Crippen molar-refractivity contribution in [1.82, 2.24) is 14.9 Å². The predicted octanol–water partition coefficient (Wildman–Crippen LogP) is 1.29. The summed E-state index contributed by atoms with van der Waals surface area (Å²) in [4.78, 5) is 24.1. The first-order valence-electron chi connectivity index (χ1n) is 9.17. The Morgan fingerprint density at radius 1 is 0.931 bits per heavy atom. The molecule has 3 N–H and O–H groups in total. The summed E-state index contributed by atoms with van der Waals surface area (Å²) in [5.41, 5.74) is 1.19. The summed E-state index contributed by atoms with van der Waals surface area (Å²) < 4.78 is 25.4. The molecule has 0 aromatic heterocycles. The Kier molecular flexibility index (Phi) is 8.17. The van der Waals surface area contributed by atoms with Crippen LogP contribution in [0.15, 0.2) is 59.5 Å². The maximum Gasteiger partial charge on any atom is 0.251 e. The molecular formula is C20H26N4O4S. The maximum atomic E-state index is 12.2. The van der Waals surface area contributed by atoms with Gasteiger partial charge in [-0.05, 0) is 36.8 Å².